The highest BCUT2D eigenvalue weighted by atomic mass is 79.9. The van der Waals surface area contributed by atoms with Gasteiger partial charge in [-0.25, -0.2) is 0 Å². The van der Waals surface area contributed by atoms with E-state index < -0.39 is 0 Å². The van der Waals surface area contributed by atoms with Crippen molar-refractivity contribution < 1.29 is 9.32 Å². The van der Waals surface area contributed by atoms with Crippen LogP contribution in [0.15, 0.2) is 57.5 Å². The summed E-state index contributed by atoms with van der Waals surface area (Å²) >= 11 is 3.43. The molecule has 1 atom stereocenters. The first kappa shape index (κ1) is 20.8. The number of nitrogens with zero attached hydrogens (tertiary/aromatic N) is 3. The van der Waals surface area contributed by atoms with Crippen LogP contribution in [0, 0.1) is 12.8 Å². The summed E-state index contributed by atoms with van der Waals surface area (Å²) in [5, 5.41) is 7.18. The number of hydrogen-bond donors (Lipinski definition) is 1. The molecule has 3 aromatic rings. The van der Waals surface area contributed by atoms with Gasteiger partial charge in [-0.1, -0.05) is 50.9 Å². The van der Waals surface area contributed by atoms with E-state index in [9.17, 15) is 4.79 Å². The molecule has 1 unspecified atom stereocenters. The number of carbonyl (C=O) groups is 1. The van der Waals surface area contributed by atoms with Gasteiger partial charge in [0.05, 0.1) is 12.5 Å². The van der Waals surface area contributed by atoms with E-state index in [-0.39, 0.29) is 11.8 Å². The number of aryl methyl sites for hydroxylation is 1. The Morgan fingerprint density at radius 1 is 1.20 bits per heavy atom. The van der Waals surface area contributed by atoms with Crippen LogP contribution in [-0.4, -0.2) is 34.0 Å². The lowest BCUT2D eigenvalue weighted by atomic mass is 9.97. The fourth-order valence-electron chi connectivity index (χ4n) is 3.68. The number of nitrogens with one attached hydrogen (secondary N) is 1. The number of amides is 1. The summed E-state index contributed by atoms with van der Waals surface area (Å²) in [6.45, 7) is 4.82. The van der Waals surface area contributed by atoms with Crippen molar-refractivity contribution >= 4 is 21.8 Å². The zero-order chi connectivity index (χ0) is 20.9. The summed E-state index contributed by atoms with van der Waals surface area (Å²) < 4.78 is 6.46. The average Bonchev–Trinajstić information content (AvgIpc) is 3.22. The fraction of sp³-hybridized carbons (Fsp3) is 0.348. The van der Waals surface area contributed by atoms with Crippen LogP contribution in [0.5, 0.6) is 0 Å². The molecule has 0 saturated carbocycles. The van der Waals surface area contributed by atoms with E-state index in [0.29, 0.717) is 31.3 Å². The van der Waals surface area contributed by atoms with E-state index in [1.807, 2.05) is 24.3 Å². The van der Waals surface area contributed by atoms with Crippen LogP contribution in [0.3, 0.4) is 0 Å². The largest absolute Gasteiger partial charge is 0.352 e. The van der Waals surface area contributed by atoms with Gasteiger partial charge in [0.25, 0.3) is 0 Å². The zero-order valence-electron chi connectivity index (χ0n) is 17.0. The molecular weight excluding hydrogens is 444 g/mol. The number of benzene rings is 2. The molecule has 6 nitrogen and oxygen atoms in total. The molecule has 1 aliphatic heterocycles. The van der Waals surface area contributed by atoms with Crippen LogP contribution in [0.25, 0.3) is 11.4 Å². The molecule has 156 valence electrons. The molecule has 0 bridgehead atoms. The Balaban J connectivity index is 1.31. The highest BCUT2D eigenvalue weighted by Gasteiger charge is 2.26. The lowest BCUT2D eigenvalue weighted by molar-refractivity contribution is -0.127. The summed E-state index contributed by atoms with van der Waals surface area (Å²) in [5.41, 5.74) is 3.26. The molecule has 30 heavy (non-hydrogen) atoms. The van der Waals surface area contributed by atoms with Crippen molar-refractivity contribution in [3.05, 3.63) is 70.0 Å². The maximum Gasteiger partial charge on any atom is 0.241 e. The normalized spacial score (nSPS) is 17.1. The summed E-state index contributed by atoms with van der Waals surface area (Å²) in [6, 6.07) is 16.1. The van der Waals surface area contributed by atoms with Crippen molar-refractivity contribution in [2.75, 3.05) is 13.1 Å². The van der Waals surface area contributed by atoms with Gasteiger partial charge in [-0.2, -0.15) is 4.98 Å². The molecule has 2 heterocycles. The molecular formula is C23H25BrN4O2. The monoisotopic (exact) mass is 468 g/mol. The number of piperidine rings is 1. The highest BCUT2D eigenvalue weighted by Crippen LogP contribution is 2.22. The van der Waals surface area contributed by atoms with Gasteiger partial charge >= 0.3 is 0 Å². The third-order valence-corrected chi connectivity index (χ3v) is 5.92. The minimum absolute atomic E-state index is 0.0157. The standard InChI is InChI=1S/C23H25BrN4O2/c1-16-4-6-17(7-5-16)13-25-23(29)19-3-2-12-28(14-19)15-21-26-22(27-30-21)18-8-10-20(24)11-9-18/h4-11,19H,2-3,12-15H2,1H3,(H,25,29). The minimum Gasteiger partial charge on any atom is -0.352 e. The van der Waals surface area contributed by atoms with E-state index in [0.717, 1.165) is 35.0 Å². The number of carbonyl (C=O) groups excluding carboxylic acids is 1. The number of likely N-dealkylation sites (tertiary alicyclic amines) is 1. The average molecular weight is 469 g/mol. The molecule has 1 N–H and O–H groups in total. The second kappa shape index (κ2) is 9.53. The summed E-state index contributed by atoms with van der Waals surface area (Å²) in [5.74, 6) is 1.26. The Kier molecular flexibility index (Phi) is 6.59. The van der Waals surface area contributed by atoms with E-state index in [1.165, 1.54) is 5.56 Å². The molecule has 1 fully saturated rings. The predicted octanol–water partition coefficient (Wildman–Crippen LogP) is 4.34. The fourth-order valence-corrected chi connectivity index (χ4v) is 3.94. The van der Waals surface area contributed by atoms with Gasteiger partial charge in [0, 0.05) is 23.1 Å². The van der Waals surface area contributed by atoms with Crippen molar-refractivity contribution in [2.24, 2.45) is 5.92 Å². The van der Waals surface area contributed by atoms with Crippen LogP contribution in [0.4, 0.5) is 0 Å². The first-order valence-corrected chi connectivity index (χ1v) is 11.0. The number of rotatable bonds is 6. The Bertz CT molecular complexity index is 985. The Hall–Kier alpha value is -2.51. The first-order valence-electron chi connectivity index (χ1n) is 10.2. The molecule has 1 aromatic heterocycles. The molecule has 1 amide bonds. The Labute approximate surface area is 184 Å². The van der Waals surface area contributed by atoms with Crippen LogP contribution in [0.2, 0.25) is 0 Å². The van der Waals surface area contributed by atoms with Gasteiger partial charge in [-0.05, 0) is 56.1 Å². The van der Waals surface area contributed by atoms with Crippen LogP contribution >= 0.6 is 15.9 Å². The topological polar surface area (TPSA) is 71.3 Å². The maximum absolute atomic E-state index is 12.7. The molecule has 0 radical (unpaired) electrons. The summed E-state index contributed by atoms with van der Waals surface area (Å²) in [6.07, 6.45) is 1.89. The van der Waals surface area contributed by atoms with Gasteiger partial charge in [0.2, 0.25) is 17.6 Å². The highest BCUT2D eigenvalue weighted by molar-refractivity contribution is 9.10. The number of aromatic nitrogens is 2. The van der Waals surface area contributed by atoms with E-state index in [2.05, 4.69) is 67.5 Å². The molecule has 2 aromatic carbocycles. The summed E-state index contributed by atoms with van der Waals surface area (Å²) in [7, 11) is 0. The smallest absolute Gasteiger partial charge is 0.241 e. The second-order valence-electron chi connectivity index (χ2n) is 7.80. The predicted molar refractivity (Wildman–Crippen MR) is 118 cm³/mol. The van der Waals surface area contributed by atoms with Gasteiger partial charge < -0.3 is 9.84 Å². The van der Waals surface area contributed by atoms with Crippen molar-refractivity contribution in [3.8, 4) is 11.4 Å². The van der Waals surface area contributed by atoms with Gasteiger partial charge in [0.15, 0.2) is 0 Å². The Morgan fingerprint density at radius 3 is 2.73 bits per heavy atom. The third-order valence-electron chi connectivity index (χ3n) is 5.39. The lowest BCUT2D eigenvalue weighted by Gasteiger charge is -2.30. The molecule has 1 aliphatic rings. The van der Waals surface area contributed by atoms with Crippen molar-refractivity contribution in [1.82, 2.24) is 20.4 Å². The molecule has 0 aliphatic carbocycles. The maximum atomic E-state index is 12.7. The molecule has 7 heteroatoms. The van der Waals surface area contributed by atoms with Gasteiger partial charge in [-0.3, -0.25) is 9.69 Å². The SMILES string of the molecule is Cc1ccc(CNC(=O)C2CCCN(Cc3nc(-c4ccc(Br)cc4)no3)C2)cc1. The van der Waals surface area contributed by atoms with E-state index in [4.69, 9.17) is 4.52 Å². The van der Waals surface area contributed by atoms with Crippen LogP contribution < -0.4 is 5.32 Å². The van der Waals surface area contributed by atoms with Gasteiger partial charge in [0.1, 0.15) is 0 Å². The second-order valence-corrected chi connectivity index (χ2v) is 8.71. The van der Waals surface area contributed by atoms with E-state index in [1.54, 1.807) is 0 Å². The van der Waals surface area contributed by atoms with Crippen molar-refractivity contribution in [3.63, 3.8) is 0 Å². The quantitative estimate of drug-likeness (QED) is 0.582. The number of hydrogen-bond acceptors (Lipinski definition) is 5. The van der Waals surface area contributed by atoms with Crippen LogP contribution in [-0.2, 0) is 17.9 Å². The Morgan fingerprint density at radius 2 is 1.97 bits per heavy atom. The molecule has 4 rings (SSSR count). The van der Waals surface area contributed by atoms with Crippen molar-refractivity contribution in [1.29, 1.82) is 0 Å². The first-order chi connectivity index (χ1) is 14.6. The minimum atomic E-state index is -0.0157. The number of halogens is 1. The third kappa shape index (κ3) is 5.34. The lowest BCUT2D eigenvalue weighted by Crippen LogP contribution is -2.42. The van der Waals surface area contributed by atoms with Crippen LogP contribution in [0.1, 0.15) is 29.9 Å². The van der Waals surface area contributed by atoms with E-state index >= 15 is 0 Å². The van der Waals surface area contributed by atoms with Crippen molar-refractivity contribution in [2.45, 2.75) is 32.9 Å². The zero-order valence-corrected chi connectivity index (χ0v) is 18.6. The van der Waals surface area contributed by atoms with Gasteiger partial charge in [-0.15, -0.1) is 0 Å². The molecule has 0 spiro atoms. The molecule has 1 saturated heterocycles. The summed E-state index contributed by atoms with van der Waals surface area (Å²) in [4.78, 5) is 19.4.